The summed E-state index contributed by atoms with van der Waals surface area (Å²) in [5.74, 6) is 0.983. The van der Waals surface area contributed by atoms with Crippen molar-refractivity contribution in [1.29, 1.82) is 0 Å². The van der Waals surface area contributed by atoms with Crippen LogP contribution in [0.1, 0.15) is 18.4 Å². The van der Waals surface area contributed by atoms with Crippen molar-refractivity contribution in [2.45, 2.75) is 19.4 Å². The first-order chi connectivity index (χ1) is 9.61. The second-order valence-electron chi connectivity index (χ2n) is 5.99. The standard InChI is InChI=1S/C15H21Cl2N3/c16-13-7-12(8-14(17)15(13)18)10-20-5-3-19(4-6-20)9-11-1-2-11/h7-8,11H,1-6,9-10,18H2. The second kappa shape index (κ2) is 6.10. The molecule has 1 aliphatic heterocycles. The predicted octanol–water partition coefficient (Wildman–Crippen LogP) is 3.10. The molecule has 20 heavy (non-hydrogen) atoms. The largest absolute Gasteiger partial charge is 0.396 e. The number of halogens is 2. The Morgan fingerprint density at radius 1 is 1.00 bits per heavy atom. The van der Waals surface area contributed by atoms with Crippen LogP contribution in [0.15, 0.2) is 12.1 Å². The van der Waals surface area contributed by atoms with Gasteiger partial charge in [-0.05, 0) is 36.5 Å². The fourth-order valence-electron chi connectivity index (χ4n) is 2.78. The van der Waals surface area contributed by atoms with Gasteiger partial charge in [-0.2, -0.15) is 0 Å². The summed E-state index contributed by atoms with van der Waals surface area (Å²) in [5.41, 5.74) is 7.39. The van der Waals surface area contributed by atoms with Crippen LogP contribution in [0.2, 0.25) is 10.0 Å². The quantitative estimate of drug-likeness (QED) is 0.867. The van der Waals surface area contributed by atoms with E-state index in [2.05, 4.69) is 9.80 Å². The number of nitrogens with two attached hydrogens (primary N) is 1. The number of piperazine rings is 1. The van der Waals surface area contributed by atoms with Gasteiger partial charge in [0.05, 0.1) is 15.7 Å². The van der Waals surface area contributed by atoms with Crippen LogP contribution in [0.3, 0.4) is 0 Å². The summed E-state index contributed by atoms with van der Waals surface area (Å²) >= 11 is 12.2. The van der Waals surface area contributed by atoms with Gasteiger partial charge < -0.3 is 10.6 Å². The van der Waals surface area contributed by atoms with Crippen LogP contribution in [0.25, 0.3) is 0 Å². The van der Waals surface area contributed by atoms with Gasteiger partial charge in [-0.3, -0.25) is 4.90 Å². The molecule has 0 atom stereocenters. The lowest BCUT2D eigenvalue weighted by Crippen LogP contribution is -2.46. The van der Waals surface area contributed by atoms with E-state index in [1.165, 1.54) is 32.5 Å². The number of rotatable bonds is 4. The van der Waals surface area contributed by atoms with Crippen molar-refractivity contribution in [1.82, 2.24) is 9.80 Å². The molecule has 110 valence electrons. The fourth-order valence-corrected chi connectivity index (χ4v) is 3.31. The molecule has 0 unspecified atom stereocenters. The van der Waals surface area contributed by atoms with E-state index in [0.717, 1.165) is 31.1 Å². The number of anilines is 1. The highest BCUT2D eigenvalue weighted by Gasteiger charge is 2.26. The van der Waals surface area contributed by atoms with E-state index in [1.807, 2.05) is 12.1 Å². The third-order valence-electron chi connectivity index (χ3n) is 4.22. The summed E-state index contributed by atoms with van der Waals surface area (Å²) in [4.78, 5) is 5.05. The van der Waals surface area contributed by atoms with Crippen molar-refractivity contribution in [2.75, 3.05) is 38.5 Å². The molecule has 0 spiro atoms. The van der Waals surface area contributed by atoms with Gasteiger partial charge in [-0.25, -0.2) is 0 Å². The van der Waals surface area contributed by atoms with Crippen LogP contribution in [0, 0.1) is 5.92 Å². The highest BCUT2D eigenvalue weighted by atomic mass is 35.5. The molecule has 1 heterocycles. The maximum atomic E-state index is 6.09. The zero-order chi connectivity index (χ0) is 14.1. The third-order valence-corrected chi connectivity index (χ3v) is 4.85. The van der Waals surface area contributed by atoms with Crippen molar-refractivity contribution >= 4 is 28.9 Å². The van der Waals surface area contributed by atoms with Gasteiger partial charge >= 0.3 is 0 Å². The fraction of sp³-hybridized carbons (Fsp3) is 0.600. The Balaban J connectivity index is 1.53. The first-order valence-electron chi connectivity index (χ1n) is 7.30. The Hall–Kier alpha value is -0.480. The molecule has 1 saturated carbocycles. The van der Waals surface area contributed by atoms with E-state index < -0.39 is 0 Å². The molecule has 3 rings (SSSR count). The minimum absolute atomic E-state index is 0.478. The summed E-state index contributed by atoms with van der Waals surface area (Å²) in [6, 6.07) is 3.86. The molecule has 2 aliphatic rings. The molecule has 1 saturated heterocycles. The summed E-state index contributed by atoms with van der Waals surface area (Å²) in [6.45, 7) is 6.78. The Kier molecular flexibility index (Phi) is 4.41. The van der Waals surface area contributed by atoms with E-state index in [-0.39, 0.29) is 0 Å². The van der Waals surface area contributed by atoms with E-state index in [9.17, 15) is 0 Å². The van der Waals surface area contributed by atoms with Gasteiger partial charge in [0, 0.05) is 39.3 Å². The van der Waals surface area contributed by atoms with E-state index >= 15 is 0 Å². The molecule has 2 N–H and O–H groups in total. The SMILES string of the molecule is Nc1c(Cl)cc(CN2CCN(CC3CC3)CC2)cc1Cl. The zero-order valence-electron chi connectivity index (χ0n) is 11.6. The zero-order valence-corrected chi connectivity index (χ0v) is 13.1. The summed E-state index contributed by atoms with van der Waals surface area (Å²) in [6.07, 6.45) is 2.87. The third kappa shape index (κ3) is 3.59. The highest BCUT2D eigenvalue weighted by molar-refractivity contribution is 6.38. The van der Waals surface area contributed by atoms with Gasteiger partial charge in [-0.1, -0.05) is 23.2 Å². The molecule has 3 nitrogen and oxygen atoms in total. The number of nitrogens with zero attached hydrogens (tertiary/aromatic N) is 2. The lowest BCUT2D eigenvalue weighted by atomic mass is 10.1. The lowest BCUT2D eigenvalue weighted by Gasteiger charge is -2.34. The smallest absolute Gasteiger partial charge is 0.0693 e. The van der Waals surface area contributed by atoms with Gasteiger partial charge in [0.25, 0.3) is 0 Å². The van der Waals surface area contributed by atoms with E-state index in [4.69, 9.17) is 28.9 Å². The minimum Gasteiger partial charge on any atom is -0.396 e. The molecule has 2 fully saturated rings. The normalized spacial score (nSPS) is 21.3. The van der Waals surface area contributed by atoms with Gasteiger partial charge in [0.2, 0.25) is 0 Å². The first-order valence-corrected chi connectivity index (χ1v) is 8.05. The average molecular weight is 314 g/mol. The number of benzene rings is 1. The van der Waals surface area contributed by atoms with Crippen LogP contribution in [-0.4, -0.2) is 42.5 Å². The summed E-state index contributed by atoms with van der Waals surface area (Å²) in [7, 11) is 0. The topological polar surface area (TPSA) is 32.5 Å². The Labute approximate surface area is 130 Å². The summed E-state index contributed by atoms with van der Waals surface area (Å²) < 4.78 is 0. The monoisotopic (exact) mass is 313 g/mol. The Bertz CT molecular complexity index is 457. The number of nitrogen functional groups attached to an aromatic ring is 1. The molecule has 1 aromatic carbocycles. The van der Waals surface area contributed by atoms with Crippen molar-refractivity contribution in [3.8, 4) is 0 Å². The van der Waals surface area contributed by atoms with E-state index in [1.54, 1.807) is 0 Å². The maximum Gasteiger partial charge on any atom is 0.0693 e. The maximum absolute atomic E-state index is 6.09. The van der Waals surface area contributed by atoms with Gasteiger partial charge in [0.1, 0.15) is 0 Å². The first kappa shape index (κ1) is 14.5. The predicted molar refractivity (Wildman–Crippen MR) is 85.3 cm³/mol. The van der Waals surface area contributed by atoms with Gasteiger partial charge in [0.15, 0.2) is 0 Å². The van der Waals surface area contributed by atoms with Crippen LogP contribution >= 0.6 is 23.2 Å². The van der Waals surface area contributed by atoms with Crippen LogP contribution in [-0.2, 0) is 6.54 Å². The van der Waals surface area contributed by atoms with E-state index in [0.29, 0.717) is 15.7 Å². The number of hydrogen-bond donors (Lipinski definition) is 1. The number of hydrogen-bond acceptors (Lipinski definition) is 3. The molecule has 0 radical (unpaired) electrons. The molecule has 5 heteroatoms. The van der Waals surface area contributed by atoms with Crippen LogP contribution in [0.5, 0.6) is 0 Å². The lowest BCUT2D eigenvalue weighted by molar-refractivity contribution is 0.123. The Morgan fingerprint density at radius 3 is 2.10 bits per heavy atom. The average Bonchev–Trinajstić information content (AvgIpc) is 3.22. The highest BCUT2D eigenvalue weighted by Crippen LogP contribution is 2.31. The second-order valence-corrected chi connectivity index (χ2v) is 6.81. The molecule has 1 aromatic rings. The molecule has 0 aromatic heterocycles. The molecule has 0 amide bonds. The molecular weight excluding hydrogens is 293 g/mol. The van der Waals surface area contributed by atoms with Crippen molar-refractivity contribution in [3.63, 3.8) is 0 Å². The van der Waals surface area contributed by atoms with Crippen molar-refractivity contribution in [3.05, 3.63) is 27.7 Å². The van der Waals surface area contributed by atoms with Crippen molar-refractivity contribution in [2.24, 2.45) is 5.92 Å². The molecule has 1 aliphatic carbocycles. The van der Waals surface area contributed by atoms with Crippen LogP contribution < -0.4 is 5.73 Å². The minimum atomic E-state index is 0.478. The van der Waals surface area contributed by atoms with Crippen LogP contribution in [0.4, 0.5) is 5.69 Å². The molecule has 0 bridgehead atoms. The Morgan fingerprint density at radius 2 is 1.55 bits per heavy atom. The summed E-state index contributed by atoms with van der Waals surface area (Å²) in [5, 5.41) is 1.11. The molecular formula is C15H21Cl2N3. The van der Waals surface area contributed by atoms with Gasteiger partial charge in [-0.15, -0.1) is 0 Å². The van der Waals surface area contributed by atoms with Crippen molar-refractivity contribution < 1.29 is 0 Å².